The van der Waals surface area contributed by atoms with Crippen molar-refractivity contribution in [1.82, 2.24) is 30.5 Å². The second-order valence-corrected chi connectivity index (χ2v) is 13.2. The molecule has 10 heteroatoms. The van der Waals surface area contributed by atoms with Crippen molar-refractivity contribution in [3.63, 3.8) is 0 Å². The molecule has 0 bridgehead atoms. The highest BCUT2D eigenvalue weighted by Crippen LogP contribution is 2.32. The van der Waals surface area contributed by atoms with Gasteiger partial charge in [-0.15, -0.1) is 0 Å². The van der Waals surface area contributed by atoms with Crippen molar-refractivity contribution in [2.45, 2.75) is 70.9 Å². The topological polar surface area (TPSA) is 99.1 Å². The molecule has 2 atom stereocenters. The number of halogens is 2. The lowest BCUT2D eigenvalue weighted by molar-refractivity contribution is 0.312. The molecule has 0 aliphatic carbocycles. The first-order valence-electron chi connectivity index (χ1n) is 16.3. The maximum atomic E-state index is 15.2. The maximum Gasteiger partial charge on any atom is 0.354 e. The van der Waals surface area contributed by atoms with E-state index in [1.807, 2.05) is 24.3 Å². The van der Waals surface area contributed by atoms with Gasteiger partial charge in [-0.25, -0.2) is 9.18 Å². The average Bonchev–Trinajstić information content (AvgIpc) is 3.45. The van der Waals surface area contributed by atoms with E-state index in [1.165, 1.54) is 18.4 Å². The summed E-state index contributed by atoms with van der Waals surface area (Å²) in [6.45, 7) is 7.92. The zero-order valence-corrected chi connectivity index (χ0v) is 26.9. The molecule has 4 aromatic rings. The van der Waals surface area contributed by atoms with Crippen LogP contribution in [0, 0.1) is 11.7 Å². The van der Waals surface area contributed by atoms with E-state index in [2.05, 4.69) is 56.9 Å². The molecule has 0 radical (unpaired) electrons. The van der Waals surface area contributed by atoms with Crippen LogP contribution in [0.2, 0.25) is 5.02 Å². The first kappa shape index (κ1) is 31.5. The van der Waals surface area contributed by atoms with Crippen LogP contribution in [0.25, 0.3) is 28.0 Å². The molecule has 0 spiro atoms. The summed E-state index contributed by atoms with van der Waals surface area (Å²) in [5.41, 5.74) is 3.90. The van der Waals surface area contributed by atoms with E-state index < -0.39 is 11.5 Å². The summed E-state index contributed by atoms with van der Waals surface area (Å²) in [5, 5.41) is 11.5. The number of aliphatic imine (C=N–C) groups is 1. The predicted octanol–water partition coefficient (Wildman–Crippen LogP) is 6.32. The number of H-pyrrole nitrogens is 1. The van der Waals surface area contributed by atoms with Gasteiger partial charge in [0.1, 0.15) is 11.5 Å². The fraction of sp³-hybridized carbons (Fsp3) is 0.457. The summed E-state index contributed by atoms with van der Waals surface area (Å²) in [4.78, 5) is 25.1. The zero-order chi connectivity index (χ0) is 31.3. The summed E-state index contributed by atoms with van der Waals surface area (Å²) in [6.07, 6.45) is 9.17. The second kappa shape index (κ2) is 14.3. The van der Waals surface area contributed by atoms with Gasteiger partial charge in [0.2, 0.25) is 0 Å². The summed E-state index contributed by atoms with van der Waals surface area (Å²) >= 11 is 6.30. The molecule has 0 unspecified atom stereocenters. The molecule has 0 amide bonds. The average molecular weight is 632 g/mol. The molecule has 2 aromatic carbocycles. The Morgan fingerprint density at radius 3 is 2.78 bits per heavy atom. The molecule has 8 nitrogen and oxygen atoms in total. The molecule has 2 aliphatic rings. The third-order valence-corrected chi connectivity index (χ3v) is 9.17. The van der Waals surface area contributed by atoms with E-state index in [1.54, 1.807) is 16.8 Å². The first-order valence-corrected chi connectivity index (χ1v) is 16.7. The highest BCUT2D eigenvalue weighted by atomic mass is 35.5. The van der Waals surface area contributed by atoms with Crippen LogP contribution in [-0.2, 0) is 6.42 Å². The van der Waals surface area contributed by atoms with Crippen molar-refractivity contribution in [3.8, 4) is 16.9 Å². The van der Waals surface area contributed by atoms with Crippen LogP contribution in [0.4, 0.5) is 4.39 Å². The summed E-state index contributed by atoms with van der Waals surface area (Å²) in [6, 6.07) is 14.2. The standard InChI is InChI=1S/C35H43ClFN7O/c1-22(2)5-3-6-23-17-28(33(37)29(36)18-23)31-19-25-21-44(35(45)43-34(25)42-31)27-11-9-24(10-12-27)30-8-4-7-26(41-30)13-14-39-32-20-38-15-16-40-32/h9-12,17-19,21-22,26,30,38,41H,3-8,13-16,20H2,1-2H3,(H,39,40)(H,42,43,45)/t26-,30-/m0/s1. The number of aromatic amines is 1. The molecule has 45 heavy (non-hydrogen) atoms. The van der Waals surface area contributed by atoms with Crippen LogP contribution in [0.15, 0.2) is 58.4 Å². The van der Waals surface area contributed by atoms with Crippen LogP contribution >= 0.6 is 11.6 Å². The van der Waals surface area contributed by atoms with Crippen LogP contribution in [0.1, 0.15) is 69.5 Å². The van der Waals surface area contributed by atoms with Gasteiger partial charge in [-0.3, -0.25) is 9.56 Å². The second-order valence-electron chi connectivity index (χ2n) is 12.8. The van der Waals surface area contributed by atoms with E-state index in [-0.39, 0.29) is 11.1 Å². The third kappa shape index (κ3) is 7.65. The number of benzene rings is 2. The van der Waals surface area contributed by atoms with Gasteiger partial charge in [-0.2, -0.15) is 4.98 Å². The van der Waals surface area contributed by atoms with Gasteiger partial charge >= 0.3 is 5.69 Å². The highest BCUT2D eigenvalue weighted by molar-refractivity contribution is 6.31. The fourth-order valence-electron chi connectivity index (χ4n) is 6.44. The Bertz CT molecular complexity index is 1710. The number of nitrogens with one attached hydrogen (secondary N) is 4. The Morgan fingerprint density at radius 1 is 1.16 bits per heavy atom. The smallest absolute Gasteiger partial charge is 0.354 e. The lowest BCUT2D eigenvalue weighted by Crippen LogP contribution is -2.42. The van der Waals surface area contributed by atoms with Gasteiger partial charge in [-0.05, 0) is 79.5 Å². The van der Waals surface area contributed by atoms with Crippen LogP contribution in [-0.4, -0.2) is 52.6 Å². The van der Waals surface area contributed by atoms with E-state index in [0.717, 1.165) is 80.8 Å². The number of aryl methyl sites for hydroxylation is 1. The maximum absolute atomic E-state index is 15.2. The Labute approximate surface area is 268 Å². The van der Waals surface area contributed by atoms with E-state index in [0.29, 0.717) is 28.9 Å². The summed E-state index contributed by atoms with van der Waals surface area (Å²) in [7, 11) is 0. The van der Waals surface area contributed by atoms with Gasteiger partial charge in [0.25, 0.3) is 0 Å². The number of hydrogen-bond donors (Lipinski definition) is 4. The van der Waals surface area contributed by atoms with Crippen molar-refractivity contribution >= 4 is 28.5 Å². The molecule has 2 aliphatic heterocycles. The van der Waals surface area contributed by atoms with Gasteiger partial charge in [0.15, 0.2) is 5.82 Å². The predicted molar refractivity (Wildman–Crippen MR) is 181 cm³/mol. The van der Waals surface area contributed by atoms with Crippen molar-refractivity contribution in [3.05, 3.63) is 81.1 Å². The molecular formula is C35H43ClFN7O. The van der Waals surface area contributed by atoms with E-state index in [4.69, 9.17) is 11.6 Å². The van der Waals surface area contributed by atoms with Crippen LogP contribution in [0.3, 0.4) is 0 Å². The van der Waals surface area contributed by atoms with Gasteiger partial charge in [-0.1, -0.05) is 50.4 Å². The van der Waals surface area contributed by atoms with Crippen LogP contribution < -0.4 is 21.6 Å². The molecule has 2 aromatic heterocycles. The third-order valence-electron chi connectivity index (χ3n) is 8.89. The highest BCUT2D eigenvalue weighted by Gasteiger charge is 2.22. The number of piperidine rings is 1. The monoisotopic (exact) mass is 631 g/mol. The van der Waals surface area contributed by atoms with Crippen LogP contribution in [0.5, 0.6) is 0 Å². The van der Waals surface area contributed by atoms with Crippen molar-refractivity contribution < 1.29 is 4.39 Å². The van der Waals surface area contributed by atoms with Crippen molar-refractivity contribution in [2.75, 3.05) is 26.2 Å². The number of aromatic nitrogens is 3. The molecule has 4 heterocycles. The van der Waals surface area contributed by atoms with E-state index in [9.17, 15) is 4.79 Å². The molecule has 4 N–H and O–H groups in total. The van der Waals surface area contributed by atoms with Gasteiger partial charge in [0.05, 0.1) is 29.5 Å². The minimum Gasteiger partial charge on any atom is -0.373 e. The quantitative estimate of drug-likeness (QED) is 0.164. The zero-order valence-electron chi connectivity index (χ0n) is 26.1. The summed E-state index contributed by atoms with van der Waals surface area (Å²) < 4.78 is 16.7. The molecule has 238 valence electrons. The lowest BCUT2D eigenvalue weighted by atomic mass is 9.92. The number of amidine groups is 1. The van der Waals surface area contributed by atoms with E-state index >= 15 is 4.39 Å². The van der Waals surface area contributed by atoms with Gasteiger partial charge < -0.3 is 20.9 Å². The Hall–Kier alpha value is -3.53. The van der Waals surface area contributed by atoms with Gasteiger partial charge in [0, 0.05) is 42.3 Å². The number of hydrogen-bond acceptors (Lipinski definition) is 6. The number of rotatable bonds is 10. The normalized spacial score (nSPS) is 18.8. The first-order chi connectivity index (χ1) is 21.8. The largest absolute Gasteiger partial charge is 0.373 e. The molecule has 1 fully saturated rings. The lowest BCUT2D eigenvalue weighted by Gasteiger charge is -2.32. The number of fused-ring (bicyclic) bond motifs is 1. The summed E-state index contributed by atoms with van der Waals surface area (Å²) in [5.74, 6) is 1.19. The number of nitrogens with zero attached hydrogens (tertiary/aromatic N) is 3. The van der Waals surface area contributed by atoms with Crippen molar-refractivity contribution in [2.24, 2.45) is 10.9 Å². The molecule has 1 saturated heterocycles. The SMILES string of the molecule is CC(C)CCCc1cc(Cl)c(F)c(-c2cc3cn(-c4ccc([C@@H]5CCC[C@@H](CCNC6=NCCNC6)N5)cc4)c(=O)nc3[nH]2)c1. The molecule has 6 rings (SSSR count). The Kier molecular flexibility index (Phi) is 9.97. The Morgan fingerprint density at radius 2 is 2.00 bits per heavy atom. The molecular weight excluding hydrogens is 589 g/mol. The fourth-order valence-corrected chi connectivity index (χ4v) is 6.69. The minimum atomic E-state index is -0.479. The Balaban J connectivity index is 1.15. The minimum absolute atomic E-state index is 0.0979. The molecule has 0 saturated carbocycles. The van der Waals surface area contributed by atoms with Crippen molar-refractivity contribution in [1.29, 1.82) is 0 Å².